The highest BCUT2D eigenvalue weighted by Gasteiger charge is 2.28. The maximum absolute atomic E-state index is 12.6. The third-order valence-corrected chi connectivity index (χ3v) is 4.04. The molecular formula is C19H18N4O3. The van der Waals surface area contributed by atoms with Gasteiger partial charge >= 0.3 is 0 Å². The Kier molecular flexibility index (Phi) is 5.13. The number of carbonyl (C=O) groups is 2. The topological polar surface area (TPSA) is 95.3 Å². The highest BCUT2D eigenvalue weighted by Crippen LogP contribution is 2.20. The first-order valence-corrected chi connectivity index (χ1v) is 8.25. The van der Waals surface area contributed by atoms with Crippen LogP contribution in [0, 0.1) is 11.3 Å². The molecule has 0 aliphatic carbocycles. The zero-order chi connectivity index (χ0) is 18.5. The Balaban J connectivity index is 1.60. The van der Waals surface area contributed by atoms with Crippen molar-refractivity contribution in [3.8, 4) is 11.9 Å². The van der Waals surface area contributed by atoms with E-state index in [1.54, 1.807) is 41.3 Å². The largest absolute Gasteiger partial charge is 0.472 e. The summed E-state index contributed by atoms with van der Waals surface area (Å²) in [6.07, 6.45) is 2.08. The van der Waals surface area contributed by atoms with E-state index >= 15 is 0 Å². The zero-order valence-corrected chi connectivity index (χ0v) is 14.3. The van der Waals surface area contributed by atoms with E-state index < -0.39 is 0 Å². The molecule has 26 heavy (non-hydrogen) atoms. The van der Waals surface area contributed by atoms with E-state index in [9.17, 15) is 9.59 Å². The van der Waals surface area contributed by atoms with Gasteiger partial charge < -0.3 is 15.0 Å². The molecule has 3 rings (SSSR count). The first-order valence-electron chi connectivity index (χ1n) is 8.25. The van der Waals surface area contributed by atoms with Gasteiger partial charge in [-0.05, 0) is 30.3 Å². The van der Waals surface area contributed by atoms with Gasteiger partial charge in [-0.1, -0.05) is 0 Å². The first-order chi connectivity index (χ1) is 12.5. The van der Waals surface area contributed by atoms with Gasteiger partial charge in [0.25, 0.3) is 5.91 Å². The summed E-state index contributed by atoms with van der Waals surface area (Å²) < 4.78 is 5.79. The Hall–Kier alpha value is -3.40. The summed E-state index contributed by atoms with van der Waals surface area (Å²) in [6.45, 7) is 2.49. The Bertz CT molecular complexity index is 858. The Morgan fingerprint density at radius 3 is 2.77 bits per heavy atom. The second-order valence-corrected chi connectivity index (χ2v) is 6.03. The molecule has 2 heterocycles. The fourth-order valence-corrected chi connectivity index (χ4v) is 2.81. The molecule has 1 unspecified atom stereocenters. The lowest BCUT2D eigenvalue weighted by Crippen LogP contribution is -2.31. The molecule has 1 saturated heterocycles. The van der Waals surface area contributed by atoms with E-state index in [0.29, 0.717) is 42.2 Å². The number of nitrogens with zero attached hydrogens (tertiary/aromatic N) is 3. The van der Waals surface area contributed by atoms with Gasteiger partial charge in [0.15, 0.2) is 0 Å². The van der Waals surface area contributed by atoms with Crippen molar-refractivity contribution in [2.24, 2.45) is 0 Å². The van der Waals surface area contributed by atoms with Crippen LogP contribution in [-0.4, -0.2) is 40.9 Å². The molecule has 1 aliphatic rings. The first kappa shape index (κ1) is 17.4. The van der Waals surface area contributed by atoms with Crippen LogP contribution >= 0.6 is 0 Å². The van der Waals surface area contributed by atoms with Gasteiger partial charge in [-0.25, -0.2) is 4.98 Å². The van der Waals surface area contributed by atoms with Crippen LogP contribution in [-0.2, 0) is 4.79 Å². The number of pyridine rings is 1. The number of rotatable bonds is 4. The van der Waals surface area contributed by atoms with Crippen LogP contribution in [0.2, 0.25) is 0 Å². The van der Waals surface area contributed by atoms with Crippen molar-refractivity contribution in [1.29, 1.82) is 5.26 Å². The lowest BCUT2D eigenvalue weighted by atomic mass is 10.2. The number of aromatic nitrogens is 1. The summed E-state index contributed by atoms with van der Waals surface area (Å²) >= 11 is 0. The molecule has 1 aromatic heterocycles. The van der Waals surface area contributed by atoms with Gasteiger partial charge in [0, 0.05) is 43.4 Å². The fourth-order valence-electron chi connectivity index (χ4n) is 2.81. The van der Waals surface area contributed by atoms with Crippen LogP contribution in [0.25, 0.3) is 0 Å². The maximum atomic E-state index is 12.6. The highest BCUT2D eigenvalue weighted by atomic mass is 16.5. The van der Waals surface area contributed by atoms with Crippen molar-refractivity contribution in [2.75, 3.05) is 18.4 Å². The number of likely N-dealkylation sites (tertiary alicyclic amines) is 1. The predicted molar refractivity (Wildman–Crippen MR) is 94.6 cm³/mol. The third kappa shape index (κ3) is 4.16. The van der Waals surface area contributed by atoms with Gasteiger partial charge in [0.2, 0.25) is 11.8 Å². The molecule has 2 aromatic rings. The minimum absolute atomic E-state index is 0.0794. The minimum Gasteiger partial charge on any atom is -0.472 e. The average Bonchev–Trinajstić information content (AvgIpc) is 3.10. The van der Waals surface area contributed by atoms with Gasteiger partial charge in [0.1, 0.15) is 6.10 Å². The van der Waals surface area contributed by atoms with Gasteiger partial charge in [-0.3, -0.25) is 9.59 Å². The monoisotopic (exact) mass is 350 g/mol. The molecule has 1 N–H and O–H groups in total. The van der Waals surface area contributed by atoms with Crippen molar-refractivity contribution in [1.82, 2.24) is 9.88 Å². The van der Waals surface area contributed by atoms with Crippen LogP contribution < -0.4 is 10.1 Å². The Morgan fingerprint density at radius 1 is 1.31 bits per heavy atom. The molecule has 7 nitrogen and oxygen atoms in total. The predicted octanol–water partition coefficient (Wildman–Crippen LogP) is 2.21. The van der Waals surface area contributed by atoms with E-state index in [-0.39, 0.29) is 17.9 Å². The molecule has 132 valence electrons. The molecule has 1 aromatic carbocycles. The van der Waals surface area contributed by atoms with Crippen molar-refractivity contribution in [3.05, 3.63) is 53.7 Å². The number of hydrogen-bond acceptors (Lipinski definition) is 5. The quantitative estimate of drug-likeness (QED) is 0.912. The van der Waals surface area contributed by atoms with Crippen molar-refractivity contribution < 1.29 is 14.3 Å². The number of carbonyl (C=O) groups excluding carboxylic acids is 2. The van der Waals surface area contributed by atoms with Crippen LogP contribution in [0.4, 0.5) is 5.69 Å². The molecule has 0 saturated carbocycles. The molecule has 0 radical (unpaired) electrons. The molecule has 0 spiro atoms. The van der Waals surface area contributed by atoms with E-state index in [2.05, 4.69) is 10.3 Å². The number of nitriles is 1. The number of benzene rings is 1. The molecule has 0 bridgehead atoms. The summed E-state index contributed by atoms with van der Waals surface area (Å²) in [5.74, 6) is 0.157. The van der Waals surface area contributed by atoms with Crippen LogP contribution in [0.15, 0.2) is 42.6 Å². The van der Waals surface area contributed by atoms with Gasteiger partial charge in [0.05, 0.1) is 18.2 Å². The number of amides is 2. The molecule has 7 heteroatoms. The van der Waals surface area contributed by atoms with Crippen molar-refractivity contribution >= 4 is 17.5 Å². The van der Waals surface area contributed by atoms with Crippen molar-refractivity contribution in [3.63, 3.8) is 0 Å². The lowest BCUT2D eigenvalue weighted by Gasteiger charge is -2.17. The number of nitrogens with one attached hydrogen (secondary N) is 1. The van der Waals surface area contributed by atoms with Crippen LogP contribution in [0.5, 0.6) is 5.88 Å². The smallest absolute Gasteiger partial charge is 0.253 e. The second-order valence-electron chi connectivity index (χ2n) is 6.03. The summed E-state index contributed by atoms with van der Waals surface area (Å²) in [5.41, 5.74) is 1.70. The highest BCUT2D eigenvalue weighted by molar-refractivity contribution is 5.95. The Labute approximate surface area is 151 Å². The summed E-state index contributed by atoms with van der Waals surface area (Å²) in [4.78, 5) is 29.5. The molecular weight excluding hydrogens is 332 g/mol. The number of hydrogen-bond donors (Lipinski definition) is 1. The number of ether oxygens (including phenoxy) is 1. The Morgan fingerprint density at radius 2 is 2.08 bits per heavy atom. The molecule has 1 fully saturated rings. The molecule has 1 atom stereocenters. The standard InChI is InChI=1S/C19H18N4O3/c1-13(24)22-16-4-2-15(3-5-16)19(25)23-9-7-17(12-23)26-18-10-14(11-20)6-8-21-18/h2-6,8,10,17H,7,9,12H2,1H3,(H,22,24). The third-order valence-electron chi connectivity index (χ3n) is 4.04. The van der Waals surface area contributed by atoms with E-state index in [1.807, 2.05) is 6.07 Å². The SMILES string of the molecule is CC(=O)Nc1ccc(C(=O)N2CCC(Oc3cc(C#N)ccn3)C2)cc1. The van der Waals surface area contributed by atoms with Crippen LogP contribution in [0.1, 0.15) is 29.3 Å². The fraction of sp³-hybridized carbons (Fsp3) is 0.263. The maximum Gasteiger partial charge on any atom is 0.253 e. The molecule has 2 amide bonds. The van der Waals surface area contributed by atoms with Gasteiger partial charge in [-0.15, -0.1) is 0 Å². The minimum atomic E-state index is -0.155. The zero-order valence-electron chi connectivity index (χ0n) is 14.3. The van der Waals surface area contributed by atoms with E-state index in [4.69, 9.17) is 10.00 Å². The summed E-state index contributed by atoms with van der Waals surface area (Å²) in [5, 5.41) is 11.6. The second kappa shape index (κ2) is 7.66. The average molecular weight is 350 g/mol. The number of anilines is 1. The molecule has 1 aliphatic heterocycles. The van der Waals surface area contributed by atoms with Crippen molar-refractivity contribution in [2.45, 2.75) is 19.4 Å². The summed E-state index contributed by atoms with van der Waals surface area (Å²) in [6, 6.07) is 12.0. The van der Waals surface area contributed by atoms with Crippen LogP contribution in [0.3, 0.4) is 0 Å². The summed E-state index contributed by atoms with van der Waals surface area (Å²) in [7, 11) is 0. The van der Waals surface area contributed by atoms with Gasteiger partial charge in [-0.2, -0.15) is 5.26 Å². The normalized spacial score (nSPS) is 16.0. The van der Waals surface area contributed by atoms with E-state index in [0.717, 1.165) is 0 Å². The lowest BCUT2D eigenvalue weighted by molar-refractivity contribution is -0.114. The van der Waals surface area contributed by atoms with E-state index in [1.165, 1.54) is 13.1 Å².